The van der Waals surface area contributed by atoms with Crippen molar-refractivity contribution in [1.82, 2.24) is 0 Å². The van der Waals surface area contributed by atoms with Crippen LogP contribution in [0.4, 0.5) is 0 Å². The first-order valence-electron chi connectivity index (χ1n) is 12.2. The van der Waals surface area contributed by atoms with Gasteiger partial charge in [-0.25, -0.2) is 4.79 Å². The minimum absolute atomic E-state index is 0.00683. The molecule has 1 aromatic rings. The summed E-state index contributed by atoms with van der Waals surface area (Å²) in [6.07, 6.45) is 8.06. The van der Waals surface area contributed by atoms with Crippen LogP contribution in [0.1, 0.15) is 57.0 Å². The maximum atomic E-state index is 13.4. The van der Waals surface area contributed by atoms with Crippen molar-refractivity contribution in [3.8, 4) is 11.5 Å². The second kappa shape index (κ2) is 12.0. The molecular formula is C27H39NO7. The molecule has 194 valence electrons. The molecule has 0 aromatic heterocycles. The first-order valence-corrected chi connectivity index (χ1v) is 12.2. The highest BCUT2D eigenvalue weighted by Gasteiger charge is 2.42. The van der Waals surface area contributed by atoms with Gasteiger partial charge < -0.3 is 34.2 Å². The zero-order chi connectivity index (χ0) is 25.6. The summed E-state index contributed by atoms with van der Waals surface area (Å²) < 4.78 is 34.9. The average molecular weight is 490 g/mol. The lowest BCUT2D eigenvalue weighted by molar-refractivity contribution is -0.148. The zero-order valence-electron chi connectivity index (χ0n) is 21.6. The lowest BCUT2D eigenvalue weighted by Crippen LogP contribution is -2.29. The van der Waals surface area contributed by atoms with Gasteiger partial charge in [0.15, 0.2) is 12.6 Å². The Morgan fingerprint density at radius 2 is 1.83 bits per heavy atom. The molecule has 2 N–H and O–H groups in total. The third-order valence-electron chi connectivity index (χ3n) is 6.19. The van der Waals surface area contributed by atoms with Crippen LogP contribution in [0.5, 0.6) is 11.5 Å². The van der Waals surface area contributed by atoms with Gasteiger partial charge in [0.1, 0.15) is 29.8 Å². The molecule has 1 saturated heterocycles. The van der Waals surface area contributed by atoms with Gasteiger partial charge in [-0.05, 0) is 38.8 Å². The molecule has 0 saturated carbocycles. The van der Waals surface area contributed by atoms with Crippen LogP contribution in [0.15, 0.2) is 30.4 Å². The van der Waals surface area contributed by atoms with Gasteiger partial charge in [0.05, 0.1) is 12.2 Å². The fourth-order valence-electron chi connectivity index (χ4n) is 4.23. The van der Waals surface area contributed by atoms with Crippen molar-refractivity contribution in [2.75, 3.05) is 27.1 Å². The quantitative estimate of drug-likeness (QED) is 0.358. The average Bonchev–Trinajstić information content (AvgIpc) is 3.12. The van der Waals surface area contributed by atoms with E-state index >= 15 is 0 Å². The highest BCUT2D eigenvalue weighted by molar-refractivity contribution is 5.97. The number of ether oxygens (including phenoxy) is 6. The normalized spacial score (nSPS) is 30.4. The number of rotatable bonds is 6. The molecule has 2 aliphatic heterocycles. The molecule has 0 radical (unpaired) electrons. The van der Waals surface area contributed by atoms with Crippen LogP contribution in [0, 0.1) is 11.8 Å². The van der Waals surface area contributed by atoms with Crippen LogP contribution in [0.25, 0.3) is 6.08 Å². The van der Waals surface area contributed by atoms with E-state index in [4.69, 9.17) is 34.2 Å². The van der Waals surface area contributed by atoms with E-state index in [-0.39, 0.29) is 36.9 Å². The van der Waals surface area contributed by atoms with Crippen molar-refractivity contribution in [3.63, 3.8) is 0 Å². The molecule has 4 unspecified atom stereocenters. The van der Waals surface area contributed by atoms with Crippen molar-refractivity contribution < 1.29 is 33.2 Å². The Morgan fingerprint density at radius 1 is 1.09 bits per heavy atom. The predicted molar refractivity (Wildman–Crippen MR) is 133 cm³/mol. The van der Waals surface area contributed by atoms with Gasteiger partial charge in [-0.1, -0.05) is 38.2 Å². The molecule has 1 aromatic carbocycles. The summed E-state index contributed by atoms with van der Waals surface area (Å²) in [6, 6.07) is 3.45. The Bertz CT molecular complexity index is 926. The molecule has 0 bridgehead atoms. The number of methoxy groups -OCH3 is 1. The fourth-order valence-corrected chi connectivity index (χ4v) is 4.23. The Kier molecular flexibility index (Phi) is 9.35. The molecule has 35 heavy (non-hydrogen) atoms. The van der Waals surface area contributed by atoms with Crippen molar-refractivity contribution in [1.29, 1.82) is 0 Å². The Balaban J connectivity index is 2.06. The van der Waals surface area contributed by atoms with E-state index < -0.39 is 11.8 Å². The number of cyclic esters (lactones) is 1. The maximum Gasteiger partial charge on any atom is 0.342 e. The lowest BCUT2D eigenvalue weighted by atomic mass is 9.94. The molecule has 8 heteroatoms. The molecule has 0 spiro atoms. The summed E-state index contributed by atoms with van der Waals surface area (Å²) in [6.45, 7) is 10.6. The third-order valence-corrected chi connectivity index (χ3v) is 6.19. The van der Waals surface area contributed by atoms with Gasteiger partial charge in [-0.2, -0.15) is 0 Å². The second-order valence-corrected chi connectivity index (χ2v) is 9.56. The minimum atomic E-state index is -0.667. The molecule has 5 atom stereocenters. The minimum Gasteiger partial charge on any atom is -0.492 e. The van der Waals surface area contributed by atoms with E-state index in [9.17, 15) is 4.79 Å². The SMILES string of the molecule is COCOc1cc(OCCN)cc2c1C(=O)OC(C)[C@H](C)/C=C\C(C)C1OC(C)(C)OC1C/C=C/2. The van der Waals surface area contributed by atoms with E-state index in [0.717, 1.165) is 0 Å². The van der Waals surface area contributed by atoms with E-state index in [1.54, 1.807) is 12.1 Å². The standard InChI is InChI=1S/C27H39NO7/c1-17-10-11-18(2)25-22(34-27(4,5)35-25)9-7-8-20-14-21(31-13-12-28)15-23(32-16-30-6)24(20)26(29)33-19(17)3/h7-8,10-11,14-15,17-19,22,25H,9,12-13,16,28H2,1-6H3/b8-7+,11-10-/t17-,18?,19?,22?,25?/m1/s1. The van der Waals surface area contributed by atoms with E-state index in [1.807, 2.05) is 39.8 Å². The molecule has 3 rings (SSSR count). The summed E-state index contributed by atoms with van der Waals surface area (Å²) in [5.41, 5.74) is 6.54. The van der Waals surface area contributed by atoms with Gasteiger partial charge in [-0.15, -0.1) is 0 Å². The molecule has 1 fully saturated rings. The van der Waals surface area contributed by atoms with Crippen LogP contribution in [0.2, 0.25) is 0 Å². The van der Waals surface area contributed by atoms with Gasteiger partial charge in [0, 0.05) is 31.6 Å². The van der Waals surface area contributed by atoms with E-state index in [1.165, 1.54) is 7.11 Å². The molecule has 0 amide bonds. The number of fused-ring (bicyclic) bond motifs is 2. The first-order chi connectivity index (χ1) is 16.6. The summed E-state index contributed by atoms with van der Waals surface area (Å²) in [5, 5.41) is 0. The molecule has 0 aliphatic carbocycles. The van der Waals surface area contributed by atoms with Crippen LogP contribution in [0.3, 0.4) is 0 Å². The van der Waals surface area contributed by atoms with E-state index in [0.29, 0.717) is 42.2 Å². The number of carbonyl (C=O) groups excluding carboxylic acids is 1. The maximum absolute atomic E-state index is 13.4. The topological polar surface area (TPSA) is 98.5 Å². The van der Waals surface area contributed by atoms with Gasteiger partial charge >= 0.3 is 5.97 Å². The monoisotopic (exact) mass is 489 g/mol. The summed E-state index contributed by atoms with van der Waals surface area (Å²) in [4.78, 5) is 13.4. The lowest BCUT2D eigenvalue weighted by Gasteiger charge is -2.23. The van der Waals surface area contributed by atoms with Gasteiger partial charge in [0.25, 0.3) is 0 Å². The molecular weight excluding hydrogens is 450 g/mol. The summed E-state index contributed by atoms with van der Waals surface area (Å²) >= 11 is 0. The first kappa shape index (κ1) is 27.2. The fraction of sp³-hybridized carbons (Fsp3) is 0.593. The highest BCUT2D eigenvalue weighted by Crippen LogP contribution is 2.36. The van der Waals surface area contributed by atoms with Gasteiger partial charge in [-0.3, -0.25) is 0 Å². The number of hydrogen-bond acceptors (Lipinski definition) is 8. The van der Waals surface area contributed by atoms with Crippen molar-refractivity contribution in [2.45, 2.75) is 65.1 Å². The summed E-state index contributed by atoms with van der Waals surface area (Å²) in [5.74, 6) is -0.162. The van der Waals surface area contributed by atoms with Crippen molar-refractivity contribution in [2.24, 2.45) is 17.6 Å². The van der Waals surface area contributed by atoms with Crippen LogP contribution < -0.4 is 15.2 Å². The molecule has 2 heterocycles. The zero-order valence-corrected chi connectivity index (χ0v) is 21.6. The van der Waals surface area contributed by atoms with Crippen molar-refractivity contribution >= 4 is 12.0 Å². The third kappa shape index (κ3) is 7.07. The number of nitrogens with two attached hydrogens (primary N) is 1. The smallest absolute Gasteiger partial charge is 0.342 e. The van der Waals surface area contributed by atoms with Crippen LogP contribution >= 0.6 is 0 Å². The van der Waals surface area contributed by atoms with Crippen LogP contribution in [-0.2, 0) is 18.9 Å². The second-order valence-electron chi connectivity index (χ2n) is 9.56. The number of esters is 1. The van der Waals surface area contributed by atoms with E-state index in [2.05, 4.69) is 19.1 Å². The molecule has 8 nitrogen and oxygen atoms in total. The largest absolute Gasteiger partial charge is 0.492 e. The molecule has 2 aliphatic rings. The number of benzene rings is 1. The Hall–Kier alpha value is -2.39. The highest BCUT2D eigenvalue weighted by atomic mass is 16.8. The summed E-state index contributed by atoms with van der Waals surface area (Å²) in [7, 11) is 1.52. The number of carbonyl (C=O) groups is 1. The number of hydrogen-bond donors (Lipinski definition) is 1. The predicted octanol–water partition coefficient (Wildman–Crippen LogP) is 4.32. The Morgan fingerprint density at radius 3 is 2.54 bits per heavy atom. The Labute approximate surface area is 208 Å². The van der Waals surface area contributed by atoms with Crippen LogP contribution in [-0.4, -0.2) is 57.1 Å². The van der Waals surface area contributed by atoms with Crippen molar-refractivity contribution in [3.05, 3.63) is 41.5 Å². The van der Waals surface area contributed by atoms with Gasteiger partial charge in [0.2, 0.25) is 0 Å².